The van der Waals surface area contributed by atoms with E-state index in [0.29, 0.717) is 0 Å². The molecule has 0 aromatic rings. The Hall–Kier alpha value is 0.180. The summed E-state index contributed by atoms with van der Waals surface area (Å²) in [5.41, 5.74) is 0. The first-order valence-corrected chi connectivity index (χ1v) is 6.56. The van der Waals surface area contributed by atoms with Crippen molar-refractivity contribution in [3.8, 4) is 0 Å². The summed E-state index contributed by atoms with van der Waals surface area (Å²) in [7, 11) is 0.872. The number of carbonyl (C=O) groups is 2. The topological polar surface area (TPSA) is 63.6 Å². The Morgan fingerprint density at radius 1 is 1.67 bits per heavy atom. The van der Waals surface area contributed by atoms with E-state index >= 15 is 0 Å². The minimum atomic E-state index is -1.22. The van der Waals surface area contributed by atoms with Gasteiger partial charge in [-0.2, -0.15) is 0 Å². The van der Waals surface area contributed by atoms with Crippen molar-refractivity contribution in [3.63, 3.8) is 0 Å². The SMILES string of the molecule is [3H][I-]SC(=O)[C@H](C)OC(=O)[C@H](C)O. The van der Waals surface area contributed by atoms with E-state index in [9.17, 15) is 9.59 Å². The van der Waals surface area contributed by atoms with Crippen LogP contribution in [0.25, 0.3) is 0 Å². The van der Waals surface area contributed by atoms with Gasteiger partial charge in [-0.25, -0.2) is 0 Å². The van der Waals surface area contributed by atoms with Crippen molar-refractivity contribution in [1.82, 2.24) is 0 Å². The third kappa shape index (κ3) is 4.27. The van der Waals surface area contributed by atoms with Crippen LogP contribution >= 0.6 is 8.93 Å². The van der Waals surface area contributed by atoms with Crippen molar-refractivity contribution < 1.29 is 40.4 Å². The maximum absolute atomic E-state index is 11.0. The molecule has 0 aliphatic carbocycles. The summed E-state index contributed by atoms with van der Waals surface area (Å²) in [5, 5.41) is 8.42. The average Bonchev–Trinajstić information content (AvgIpc) is 2.04. The first-order chi connectivity index (χ1) is 5.99. The molecule has 0 saturated carbocycles. The summed E-state index contributed by atoms with van der Waals surface area (Å²) in [5.74, 6) is -0.815. The number of rotatable bonds is 4. The van der Waals surface area contributed by atoms with Crippen molar-refractivity contribution in [2.24, 2.45) is 0 Å². The molecule has 12 heavy (non-hydrogen) atoms. The van der Waals surface area contributed by atoms with Gasteiger partial charge in [-0.3, -0.25) is 0 Å². The Balaban J connectivity index is 3.92. The standard InChI is InChI=1S/C6H10IO4S/c1-3(8)5(9)11-4(2)6(10)12-7/h3-4,7-8H,1-2H3/q-1/t3-,4-/m0/s1/i7T. The molecule has 0 aliphatic heterocycles. The number of aliphatic hydroxyl groups is 1. The summed E-state index contributed by atoms with van der Waals surface area (Å²) in [4.78, 5) is 21.8. The van der Waals surface area contributed by atoms with Crippen LogP contribution < -0.4 is 21.0 Å². The summed E-state index contributed by atoms with van der Waals surface area (Å²) in [6.07, 6.45) is -2.09. The molecule has 0 unspecified atom stereocenters. The zero-order chi connectivity index (χ0) is 10.4. The molecule has 0 spiro atoms. The Bertz CT molecular complexity index is 199. The fourth-order valence-electron chi connectivity index (χ4n) is 0.384. The molecule has 0 aromatic carbocycles. The van der Waals surface area contributed by atoms with E-state index < -0.39 is 39.2 Å². The van der Waals surface area contributed by atoms with Crippen LogP contribution in [0.3, 0.4) is 0 Å². The van der Waals surface area contributed by atoms with Gasteiger partial charge >= 0.3 is 87.1 Å². The van der Waals surface area contributed by atoms with E-state index in [0.717, 1.165) is 8.93 Å². The first-order valence-electron chi connectivity index (χ1n) is 3.57. The van der Waals surface area contributed by atoms with Gasteiger partial charge in [-0.1, -0.05) is 0 Å². The molecule has 2 atom stereocenters. The Morgan fingerprint density at radius 2 is 2.25 bits per heavy atom. The number of hydrogen-bond acceptors (Lipinski definition) is 5. The Morgan fingerprint density at radius 3 is 2.67 bits per heavy atom. The summed E-state index contributed by atoms with van der Waals surface area (Å²) < 4.78 is 11.5. The Labute approximate surface area is 87.1 Å². The molecule has 0 amide bonds. The van der Waals surface area contributed by atoms with Crippen molar-refractivity contribution in [1.29, 1.82) is 0.594 Å². The number of halogens is 1. The van der Waals surface area contributed by atoms with Crippen LogP contribution in [0.1, 0.15) is 13.8 Å². The molecular formula is C6H10IO4S-. The first kappa shape index (κ1) is 10.3. The number of ether oxygens (including phenoxy) is 1. The van der Waals surface area contributed by atoms with E-state index in [4.69, 9.17) is 5.70 Å². The van der Waals surface area contributed by atoms with Crippen LogP contribution in [-0.4, -0.2) is 29.0 Å². The van der Waals surface area contributed by atoms with Gasteiger partial charge < -0.3 is 0 Å². The van der Waals surface area contributed by atoms with E-state index in [1.54, 1.807) is 0 Å². The molecular weight excluding hydrogens is 295 g/mol. The molecule has 0 aliphatic rings. The monoisotopic (exact) mass is 307 g/mol. The van der Waals surface area contributed by atoms with Crippen LogP contribution in [0, 0.1) is 0 Å². The fourth-order valence-corrected chi connectivity index (χ4v) is 1.63. The van der Waals surface area contributed by atoms with Crippen LogP contribution in [0.15, 0.2) is 0 Å². The van der Waals surface area contributed by atoms with Crippen LogP contribution in [-0.2, 0) is 14.3 Å². The van der Waals surface area contributed by atoms with Gasteiger partial charge in [0.25, 0.3) is 0 Å². The van der Waals surface area contributed by atoms with Gasteiger partial charge in [0, 0.05) is 0 Å². The van der Waals surface area contributed by atoms with Gasteiger partial charge in [0.2, 0.25) is 0 Å². The molecule has 0 saturated heterocycles. The summed E-state index contributed by atoms with van der Waals surface area (Å²) in [6, 6.07) is 0. The third-order valence-electron chi connectivity index (χ3n) is 1.04. The minimum absolute atomic E-state index is 0.336. The summed E-state index contributed by atoms with van der Waals surface area (Å²) in [6.45, 7) is 2.69. The second-order valence-corrected chi connectivity index (χ2v) is 4.03. The van der Waals surface area contributed by atoms with E-state index in [2.05, 4.69) is 4.74 Å². The molecule has 4 nitrogen and oxygen atoms in total. The normalized spacial score (nSPS) is 16.4. The second-order valence-electron chi connectivity index (χ2n) is 2.15. The predicted octanol–water partition coefficient (Wildman–Crippen LogP) is -3.24. The molecule has 0 rings (SSSR count). The molecule has 0 heterocycles. The fraction of sp³-hybridized carbons (Fsp3) is 0.667. The van der Waals surface area contributed by atoms with Gasteiger partial charge in [-0.05, 0) is 0 Å². The average molecular weight is 307 g/mol. The van der Waals surface area contributed by atoms with Crippen LogP contribution in [0.5, 0.6) is 0 Å². The Kier molecular flexibility index (Phi) is 4.93. The third-order valence-corrected chi connectivity index (χ3v) is 2.83. The molecule has 1 N–H and O–H groups in total. The summed E-state index contributed by atoms with van der Waals surface area (Å²) >= 11 is -0.945. The second kappa shape index (κ2) is 5.76. The van der Waals surface area contributed by atoms with Crippen molar-refractivity contribution in [2.75, 3.05) is 0 Å². The van der Waals surface area contributed by atoms with Crippen molar-refractivity contribution in [2.45, 2.75) is 26.1 Å². The van der Waals surface area contributed by atoms with Crippen molar-refractivity contribution >= 4 is 20.0 Å². The molecule has 6 heteroatoms. The maximum atomic E-state index is 11.0. The number of aliphatic hydroxyl groups excluding tert-OH is 1. The van der Waals surface area contributed by atoms with E-state index in [1.165, 1.54) is 13.8 Å². The van der Waals surface area contributed by atoms with Gasteiger partial charge in [0.05, 0.1) is 0 Å². The zero-order valence-electron chi connectivity index (χ0n) is 7.61. The van der Waals surface area contributed by atoms with E-state index in [-0.39, 0.29) is 5.12 Å². The molecule has 0 radical (unpaired) electrons. The van der Waals surface area contributed by atoms with E-state index in [1.807, 2.05) is 0 Å². The van der Waals surface area contributed by atoms with Gasteiger partial charge in [0.1, 0.15) is 0 Å². The molecule has 72 valence electrons. The molecule has 0 bridgehead atoms. The number of esters is 1. The number of carbonyl (C=O) groups excluding carboxylic acids is 2. The number of hydrogen-bond donors (Lipinski definition) is 1. The van der Waals surface area contributed by atoms with Crippen LogP contribution in [0.2, 0.25) is 0 Å². The van der Waals surface area contributed by atoms with Crippen LogP contribution in [0.4, 0.5) is 0 Å². The predicted molar refractivity (Wildman–Crippen MR) is 41.2 cm³/mol. The molecule has 0 aromatic heterocycles. The zero-order valence-corrected chi connectivity index (χ0v) is 9.59. The quantitative estimate of drug-likeness (QED) is 0.437. The van der Waals surface area contributed by atoms with Gasteiger partial charge in [-0.15, -0.1) is 0 Å². The van der Waals surface area contributed by atoms with Gasteiger partial charge in [0.15, 0.2) is 0 Å². The van der Waals surface area contributed by atoms with Crippen molar-refractivity contribution in [3.05, 3.63) is 0 Å². The molecule has 0 fully saturated rings.